The first-order valence-corrected chi connectivity index (χ1v) is 5.13. The molecule has 0 N–H and O–H groups in total. The summed E-state index contributed by atoms with van der Waals surface area (Å²) < 4.78 is 2.08. The molecule has 0 saturated heterocycles. The Labute approximate surface area is 79.2 Å². The fourth-order valence-corrected chi connectivity index (χ4v) is 2.55. The average molecular weight is 179 g/mol. The Hall–Kier alpha value is -0.860. The fraction of sp³-hybridized carbons (Fsp3) is 0.800. The molecule has 1 aliphatic carbocycles. The lowest BCUT2D eigenvalue weighted by atomic mass is 9.82. The minimum atomic E-state index is 0.339. The van der Waals surface area contributed by atoms with Crippen LogP contribution in [0.2, 0.25) is 0 Å². The summed E-state index contributed by atoms with van der Waals surface area (Å²) in [5.41, 5.74) is 0.339. The van der Waals surface area contributed by atoms with E-state index in [1.807, 2.05) is 13.4 Å². The molecule has 0 amide bonds. The van der Waals surface area contributed by atoms with E-state index in [1.54, 1.807) is 0 Å². The molecule has 3 nitrogen and oxygen atoms in total. The third kappa shape index (κ3) is 1.26. The molecular weight excluding hydrogens is 162 g/mol. The van der Waals surface area contributed by atoms with Crippen LogP contribution in [0, 0.1) is 0 Å². The Morgan fingerprint density at radius 1 is 1.46 bits per heavy atom. The maximum absolute atomic E-state index is 4.25. The molecule has 0 spiro atoms. The molecule has 1 heterocycles. The molecule has 0 atom stereocenters. The standard InChI is InChI=1S/C10H17N3/c1-3-10(6-4-5-7-10)9-12-11-8-13(9)2/h8H,3-7H2,1-2H3. The molecule has 3 heteroatoms. The first-order chi connectivity index (χ1) is 6.28. The molecule has 0 unspecified atom stereocenters. The normalized spacial score (nSPS) is 20.8. The fourth-order valence-electron chi connectivity index (χ4n) is 2.55. The minimum Gasteiger partial charge on any atom is -0.320 e. The summed E-state index contributed by atoms with van der Waals surface area (Å²) in [6.45, 7) is 2.26. The van der Waals surface area contributed by atoms with Gasteiger partial charge in [0.25, 0.3) is 0 Å². The summed E-state index contributed by atoms with van der Waals surface area (Å²) in [6.07, 6.45) is 8.28. The molecule has 1 aromatic heterocycles. The number of hydrogen-bond donors (Lipinski definition) is 0. The van der Waals surface area contributed by atoms with E-state index in [4.69, 9.17) is 0 Å². The number of nitrogens with zero attached hydrogens (tertiary/aromatic N) is 3. The Bertz CT molecular complexity index is 284. The van der Waals surface area contributed by atoms with E-state index in [1.165, 1.54) is 37.9 Å². The van der Waals surface area contributed by atoms with E-state index in [0.717, 1.165) is 0 Å². The van der Waals surface area contributed by atoms with Gasteiger partial charge < -0.3 is 4.57 Å². The molecular formula is C10H17N3. The molecule has 13 heavy (non-hydrogen) atoms. The number of aryl methyl sites for hydroxylation is 1. The molecule has 0 aliphatic heterocycles. The van der Waals surface area contributed by atoms with Gasteiger partial charge in [0.1, 0.15) is 12.2 Å². The Kier molecular flexibility index (Phi) is 2.10. The lowest BCUT2D eigenvalue weighted by Crippen LogP contribution is -2.25. The van der Waals surface area contributed by atoms with Gasteiger partial charge in [-0.05, 0) is 19.3 Å². The zero-order valence-corrected chi connectivity index (χ0v) is 8.45. The van der Waals surface area contributed by atoms with Crippen molar-refractivity contribution in [2.75, 3.05) is 0 Å². The van der Waals surface area contributed by atoms with E-state index in [2.05, 4.69) is 21.7 Å². The van der Waals surface area contributed by atoms with Crippen molar-refractivity contribution in [3.63, 3.8) is 0 Å². The van der Waals surface area contributed by atoms with Crippen LogP contribution in [0.1, 0.15) is 44.9 Å². The predicted molar refractivity (Wildman–Crippen MR) is 51.4 cm³/mol. The Balaban J connectivity index is 2.36. The summed E-state index contributed by atoms with van der Waals surface area (Å²) in [7, 11) is 2.05. The van der Waals surface area contributed by atoms with Gasteiger partial charge in [-0.25, -0.2) is 0 Å². The van der Waals surface area contributed by atoms with Gasteiger partial charge >= 0.3 is 0 Å². The molecule has 0 aromatic carbocycles. The van der Waals surface area contributed by atoms with Crippen LogP contribution in [0.3, 0.4) is 0 Å². The molecule has 1 fully saturated rings. The lowest BCUT2D eigenvalue weighted by molar-refractivity contribution is 0.386. The first kappa shape index (κ1) is 8.73. The Morgan fingerprint density at radius 2 is 2.15 bits per heavy atom. The summed E-state index contributed by atoms with van der Waals surface area (Å²) in [6, 6.07) is 0. The summed E-state index contributed by atoms with van der Waals surface area (Å²) in [5, 5.41) is 8.23. The highest BCUT2D eigenvalue weighted by Crippen LogP contribution is 2.42. The van der Waals surface area contributed by atoms with Crippen molar-refractivity contribution in [1.82, 2.24) is 14.8 Å². The van der Waals surface area contributed by atoms with Crippen LogP contribution in [0.15, 0.2) is 6.33 Å². The predicted octanol–water partition coefficient (Wildman–Crippen LogP) is 2.04. The molecule has 2 rings (SSSR count). The molecule has 72 valence electrons. The van der Waals surface area contributed by atoms with Crippen LogP contribution >= 0.6 is 0 Å². The van der Waals surface area contributed by atoms with Crippen molar-refractivity contribution < 1.29 is 0 Å². The monoisotopic (exact) mass is 179 g/mol. The van der Waals surface area contributed by atoms with Crippen molar-refractivity contribution in [3.8, 4) is 0 Å². The second-order valence-electron chi connectivity index (χ2n) is 4.11. The largest absolute Gasteiger partial charge is 0.320 e. The summed E-state index contributed by atoms with van der Waals surface area (Å²) in [5.74, 6) is 1.19. The number of aromatic nitrogens is 3. The van der Waals surface area contributed by atoms with Crippen molar-refractivity contribution in [1.29, 1.82) is 0 Å². The van der Waals surface area contributed by atoms with Crippen LogP contribution < -0.4 is 0 Å². The van der Waals surface area contributed by atoms with Gasteiger partial charge in [0.2, 0.25) is 0 Å². The van der Waals surface area contributed by atoms with Gasteiger partial charge in [0, 0.05) is 12.5 Å². The number of hydrogen-bond acceptors (Lipinski definition) is 2. The van der Waals surface area contributed by atoms with Gasteiger partial charge in [0.05, 0.1) is 0 Å². The van der Waals surface area contributed by atoms with Crippen LogP contribution in [-0.2, 0) is 12.5 Å². The topological polar surface area (TPSA) is 30.7 Å². The van der Waals surface area contributed by atoms with E-state index in [9.17, 15) is 0 Å². The maximum atomic E-state index is 4.25. The minimum absolute atomic E-state index is 0.339. The first-order valence-electron chi connectivity index (χ1n) is 5.13. The van der Waals surface area contributed by atoms with E-state index in [0.29, 0.717) is 5.41 Å². The van der Waals surface area contributed by atoms with Crippen molar-refractivity contribution in [2.24, 2.45) is 7.05 Å². The van der Waals surface area contributed by atoms with Gasteiger partial charge in [-0.3, -0.25) is 0 Å². The highest BCUT2D eigenvalue weighted by molar-refractivity contribution is 5.09. The molecule has 1 aromatic rings. The van der Waals surface area contributed by atoms with E-state index in [-0.39, 0.29) is 0 Å². The van der Waals surface area contributed by atoms with E-state index >= 15 is 0 Å². The second kappa shape index (κ2) is 3.13. The van der Waals surface area contributed by atoms with Gasteiger partial charge in [-0.2, -0.15) is 0 Å². The van der Waals surface area contributed by atoms with Gasteiger partial charge in [-0.15, -0.1) is 10.2 Å². The average Bonchev–Trinajstić information content (AvgIpc) is 2.73. The number of rotatable bonds is 2. The third-order valence-corrected chi connectivity index (χ3v) is 3.42. The van der Waals surface area contributed by atoms with Crippen LogP contribution in [0.5, 0.6) is 0 Å². The third-order valence-electron chi connectivity index (χ3n) is 3.42. The lowest BCUT2D eigenvalue weighted by Gasteiger charge is -2.25. The Morgan fingerprint density at radius 3 is 2.62 bits per heavy atom. The summed E-state index contributed by atoms with van der Waals surface area (Å²) >= 11 is 0. The van der Waals surface area contributed by atoms with Crippen molar-refractivity contribution in [2.45, 2.75) is 44.4 Å². The molecule has 1 aliphatic rings. The zero-order valence-electron chi connectivity index (χ0n) is 8.45. The van der Waals surface area contributed by atoms with Gasteiger partial charge in [0.15, 0.2) is 0 Å². The van der Waals surface area contributed by atoms with Crippen molar-refractivity contribution >= 4 is 0 Å². The van der Waals surface area contributed by atoms with Crippen molar-refractivity contribution in [3.05, 3.63) is 12.2 Å². The highest BCUT2D eigenvalue weighted by atomic mass is 15.3. The zero-order chi connectivity index (χ0) is 9.31. The quantitative estimate of drug-likeness (QED) is 0.695. The van der Waals surface area contributed by atoms with E-state index < -0.39 is 0 Å². The maximum Gasteiger partial charge on any atom is 0.138 e. The summed E-state index contributed by atoms with van der Waals surface area (Å²) in [4.78, 5) is 0. The molecule has 0 radical (unpaired) electrons. The van der Waals surface area contributed by atoms with Crippen LogP contribution in [0.4, 0.5) is 0 Å². The SMILES string of the molecule is CCC1(c2nncn2C)CCCC1. The molecule has 0 bridgehead atoms. The van der Waals surface area contributed by atoms with Crippen LogP contribution in [-0.4, -0.2) is 14.8 Å². The van der Waals surface area contributed by atoms with Gasteiger partial charge in [-0.1, -0.05) is 19.8 Å². The smallest absolute Gasteiger partial charge is 0.138 e. The molecule has 1 saturated carbocycles. The second-order valence-corrected chi connectivity index (χ2v) is 4.11. The van der Waals surface area contributed by atoms with Crippen LogP contribution in [0.25, 0.3) is 0 Å². The highest BCUT2D eigenvalue weighted by Gasteiger charge is 2.37.